The summed E-state index contributed by atoms with van der Waals surface area (Å²) in [6, 6.07) is 5.33. The number of nitrogens with two attached hydrogens (primary N) is 1. The zero-order valence-electron chi connectivity index (χ0n) is 9.18. The van der Waals surface area contributed by atoms with Crippen molar-refractivity contribution in [2.45, 2.75) is 6.04 Å². The highest BCUT2D eigenvalue weighted by Gasteiger charge is 2.14. The Bertz CT molecular complexity index is 513. The monoisotopic (exact) mass is 313 g/mol. The average Bonchev–Trinajstić information content (AvgIpc) is 2.85. The van der Waals surface area contributed by atoms with Gasteiger partial charge in [0.2, 0.25) is 0 Å². The van der Waals surface area contributed by atoms with Gasteiger partial charge in [-0.05, 0) is 56.0 Å². The van der Waals surface area contributed by atoms with E-state index in [1.165, 1.54) is 7.11 Å². The van der Waals surface area contributed by atoms with Gasteiger partial charge in [0.15, 0.2) is 11.5 Å². The fourth-order valence-corrected chi connectivity index (χ4v) is 2.73. The smallest absolute Gasteiger partial charge is 0.172 e. The Morgan fingerprint density at radius 3 is 2.76 bits per heavy atom. The van der Waals surface area contributed by atoms with E-state index < -0.39 is 0 Å². The number of phenolic OH excluding ortho intramolecular Hbond substituents is 1. The second-order valence-corrected chi connectivity index (χ2v) is 5.22. The number of phenols is 1. The molecule has 1 aromatic carbocycles. The molecule has 0 radical (unpaired) electrons. The van der Waals surface area contributed by atoms with Crippen LogP contribution in [-0.4, -0.2) is 12.2 Å². The predicted octanol–water partition coefficient (Wildman–Crippen LogP) is 3.27. The molecule has 0 bridgehead atoms. The summed E-state index contributed by atoms with van der Waals surface area (Å²) < 4.78 is 5.68. The number of hydrogen-bond donors (Lipinski definition) is 2. The zero-order chi connectivity index (χ0) is 12.4. The summed E-state index contributed by atoms with van der Waals surface area (Å²) in [7, 11) is 1.52. The summed E-state index contributed by atoms with van der Waals surface area (Å²) in [5, 5.41) is 13.7. The van der Waals surface area contributed by atoms with Crippen LogP contribution in [0.4, 0.5) is 0 Å². The van der Waals surface area contributed by atoms with Crippen LogP contribution in [-0.2, 0) is 0 Å². The summed E-state index contributed by atoms with van der Waals surface area (Å²) in [5.41, 5.74) is 8.10. The van der Waals surface area contributed by atoms with Crippen LogP contribution in [0.25, 0.3) is 0 Å². The fourth-order valence-electron chi connectivity index (χ4n) is 1.57. The molecular weight excluding hydrogens is 302 g/mol. The number of halogens is 1. The standard InChI is InChI=1S/C12H12BrNO2S/c1-16-10-5-8(4-9(13)12(10)15)11(14)7-2-3-17-6-7/h2-6,11,15H,14H2,1H3/t11-/m1/s1. The van der Waals surface area contributed by atoms with E-state index in [4.69, 9.17) is 10.5 Å². The number of aromatic hydroxyl groups is 1. The van der Waals surface area contributed by atoms with Crippen LogP contribution in [0.3, 0.4) is 0 Å². The van der Waals surface area contributed by atoms with Gasteiger partial charge in [0.1, 0.15) is 0 Å². The molecule has 1 aromatic heterocycles. The maximum Gasteiger partial charge on any atom is 0.172 e. The Balaban J connectivity index is 2.43. The highest BCUT2D eigenvalue weighted by atomic mass is 79.9. The molecule has 0 aliphatic carbocycles. The van der Waals surface area contributed by atoms with Crippen molar-refractivity contribution in [3.05, 3.63) is 44.6 Å². The van der Waals surface area contributed by atoms with E-state index in [9.17, 15) is 5.11 Å². The van der Waals surface area contributed by atoms with E-state index in [1.54, 1.807) is 23.5 Å². The second-order valence-electron chi connectivity index (χ2n) is 3.59. The molecule has 0 fully saturated rings. The molecule has 0 aliphatic heterocycles. The summed E-state index contributed by atoms with van der Waals surface area (Å²) in [4.78, 5) is 0. The van der Waals surface area contributed by atoms with E-state index in [0.29, 0.717) is 10.2 Å². The van der Waals surface area contributed by atoms with Crippen molar-refractivity contribution in [3.63, 3.8) is 0 Å². The van der Waals surface area contributed by atoms with Gasteiger partial charge in [0.25, 0.3) is 0 Å². The van der Waals surface area contributed by atoms with Crippen molar-refractivity contribution in [1.29, 1.82) is 0 Å². The number of ether oxygens (including phenoxy) is 1. The summed E-state index contributed by atoms with van der Waals surface area (Å²) >= 11 is 4.89. The van der Waals surface area contributed by atoms with Gasteiger partial charge < -0.3 is 15.6 Å². The van der Waals surface area contributed by atoms with Crippen molar-refractivity contribution in [1.82, 2.24) is 0 Å². The molecule has 3 N–H and O–H groups in total. The van der Waals surface area contributed by atoms with Crippen LogP contribution in [0.2, 0.25) is 0 Å². The molecule has 1 atom stereocenters. The largest absolute Gasteiger partial charge is 0.503 e. The van der Waals surface area contributed by atoms with Crippen molar-refractivity contribution in [2.75, 3.05) is 7.11 Å². The lowest BCUT2D eigenvalue weighted by Crippen LogP contribution is -2.11. The van der Waals surface area contributed by atoms with Crippen molar-refractivity contribution in [2.24, 2.45) is 5.73 Å². The third-order valence-electron chi connectivity index (χ3n) is 2.53. The number of rotatable bonds is 3. The van der Waals surface area contributed by atoms with Crippen LogP contribution in [0.15, 0.2) is 33.4 Å². The summed E-state index contributed by atoms with van der Waals surface area (Å²) in [5.74, 6) is 0.508. The van der Waals surface area contributed by atoms with E-state index >= 15 is 0 Å². The van der Waals surface area contributed by atoms with Gasteiger partial charge in [-0.15, -0.1) is 0 Å². The first-order valence-corrected chi connectivity index (χ1v) is 6.71. The molecule has 0 saturated carbocycles. The molecular formula is C12H12BrNO2S. The van der Waals surface area contributed by atoms with Gasteiger partial charge in [-0.1, -0.05) is 0 Å². The van der Waals surface area contributed by atoms with E-state index in [-0.39, 0.29) is 11.8 Å². The highest BCUT2D eigenvalue weighted by molar-refractivity contribution is 9.10. The third kappa shape index (κ3) is 2.46. The van der Waals surface area contributed by atoms with Gasteiger partial charge in [-0.25, -0.2) is 0 Å². The maximum absolute atomic E-state index is 9.72. The minimum Gasteiger partial charge on any atom is -0.503 e. The molecule has 0 unspecified atom stereocenters. The predicted molar refractivity (Wildman–Crippen MR) is 72.7 cm³/mol. The van der Waals surface area contributed by atoms with Gasteiger partial charge in [-0.2, -0.15) is 11.3 Å². The quantitative estimate of drug-likeness (QED) is 0.914. The minimum absolute atomic E-state index is 0.0915. The third-order valence-corrected chi connectivity index (χ3v) is 3.84. The topological polar surface area (TPSA) is 55.5 Å². The first-order valence-electron chi connectivity index (χ1n) is 4.97. The summed E-state index contributed by atoms with van der Waals surface area (Å²) in [6.07, 6.45) is 0. The Labute approximate surface area is 112 Å². The molecule has 5 heteroatoms. The SMILES string of the molecule is COc1cc([C@H](N)c2ccsc2)cc(Br)c1O. The van der Waals surface area contributed by atoms with E-state index in [2.05, 4.69) is 15.9 Å². The molecule has 2 rings (SSSR count). The van der Waals surface area contributed by atoms with Gasteiger partial charge in [0.05, 0.1) is 17.6 Å². The Kier molecular flexibility index (Phi) is 3.71. The van der Waals surface area contributed by atoms with Crippen LogP contribution in [0.5, 0.6) is 11.5 Å². The number of methoxy groups -OCH3 is 1. The Morgan fingerprint density at radius 1 is 1.41 bits per heavy atom. The Morgan fingerprint density at radius 2 is 2.18 bits per heavy atom. The number of hydrogen-bond acceptors (Lipinski definition) is 4. The fraction of sp³-hybridized carbons (Fsp3) is 0.167. The Hall–Kier alpha value is -1.04. The molecule has 0 amide bonds. The van der Waals surface area contributed by atoms with E-state index in [1.807, 2.05) is 16.8 Å². The van der Waals surface area contributed by atoms with Gasteiger partial charge >= 0.3 is 0 Å². The molecule has 0 saturated heterocycles. The van der Waals surface area contributed by atoms with Crippen LogP contribution in [0, 0.1) is 0 Å². The summed E-state index contributed by atoms with van der Waals surface area (Å²) in [6.45, 7) is 0. The zero-order valence-corrected chi connectivity index (χ0v) is 11.6. The lowest BCUT2D eigenvalue weighted by Gasteiger charge is -2.14. The van der Waals surface area contributed by atoms with Crippen molar-refractivity contribution >= 4 is 27.3 Å². The second kappa shape index (κ2) is 5.08. The van der Waals surface area contributed by atoms with Gasteiger partial charge in [-0.3, -0.25) is 0 Å². The normalized spacial score (nSPS) is 12.4. The van der Waals surface area contributed by atoms with Crippen LogP contribution >= 0.6 is 27.3 Å². The molecule has 17 heavy (non-hydrogen) atoms. The molecule has 90 valence electrons. The highest BCUT2D eigenvalue weighted by Crippen LogP contribution is 2.37. The van der Waals surface area contributed by atoms with E-state index in [0.717, 1.165) is 11.1 Å². The van der Waals surface area contributed by atoms with Crippen LogP contribution < -0.4 is 10.5 Å². The molecule has 0 spiro atoms. The van der Waals surface area contributed by atoms with Gasteiger partial charge in [0, 0.05) is 0 Å². The van der Waals surface area contributed by atoms with Crippen molar-refractivity contribution in [3.8, 4) is 11.5 Å². The first kappa shape index (κ1) is 12.4. The number of benzene rings is 1. The first-order chi connectivity index (χ1) is 8.13. The minimum atomic E-state index is -0.216. The maximum atomic E-state index is 9.72. The molecule has 0 aliphatic rings. The number of thiophene rings is 1. The molecule has 1 heterocycles. The van der Waals surface area contributed by atoms with Crippen molar-refractivity contribution < 1.29 is 9.84 Å². The molecule has 2 aromatic rings. The lowest BCUT2D eigenvalue weighted by molar-refractivity contribution is 0.371. The average molecular weight is 314 g/mol. The molecule has 3 nitrogen and oxygen atoms in total. The van der Waals surface area contributed by atoms with Crippen LogP contribution in [0.1, 0.15) is 17.2 Å². The lowest BCUT2D eigenvalue weighted by atomic mass is 10.0.